The largest absolute Gasteiger partial charge is 0.309 e. The number of hydrogen-bond donors (Lipinski definition) is 0. The average molecular weight is 832 g/mol. The van der Waals surface area contributed by atoms with E-state index >= 15 is 0 Å². The van der Waals surface area contributed by atoms with Gasteiger partial charge in [0, 0.05) is 39.3 Å². The molecule has 0 aliphatic heterocycles. The van der Waals surface area contributed by atoms with Gasteiger partial charge in [-0.3, -0.25) is 4.98 Å². The summed E-state index contributed by atoms with van der Waals surface area (Å²) in [6, 6.07) is 81.9. The smallest absolute Gasteiger partial charge is 0.0644 e. The van der Waals surface area contributed by atoms with Crippen LogP contribution in [0.25, 0.3) is 83.1 Å². The van der Waals surface area contributed by atoms with Gasteiger partial charge in [-0.2, -0.15) is 0 Å². The second kappa shape index (κ2) is 15.5. The summed E-state index contributed by atoms with van der Waals surface area (Å²) in [7, 11) is 0. The van der Waals surface area contributed by atoms with E-state index in [-0.39, 0.29) is 5.41 Å². The number of hydrogen-bond acceptors (Lipinski definition) is 2. The van der Waals surface area contributed by atoms with E-state index in [1.165, 1.54) is 83.0 Å². The standard InChI is InChI=1S/C62H45N3/c1-62(2)57-24-11-9-22-52(57)53-34-32-50(40-58(53)62)64(51-21-14-36-63-41-51)49-30-26-43(27-31-49)45-19-13-20-46(37-45)48-28-33-55-54-23-10-12-25-59(54)65(61(55)39-48)60-35-29-47(42-15-5-3-6-16-42)38-56(60)44-17-7-4-8-18-44/h3-41H,1-2H3. The van der Waals surface area contributed by atoms with Gasteiger partial charge in [-0.25, -0.2) is 0 Å². The number of anilines is 3. The predicted molar refractivity (Wildman–Crippen MR) is 273 cm³/mol. The quantitative estimate of drug-likeness (QED) is 0.152. The van der Waals surface area contributed by atoms with Gasteiger partial charge in [-0.15, -0.1) is 0 Å². The maximum absolute atomic E-state index is 4.54. The van der Waals surface area contributed by atoms with Crippen molar-refractivity contribution in [2.75, 3.05) is 4.90 Å². The minimum atomic E-state index is -0.0994. The first kappa shape index (κ1) is 38.4. The van der Waals surface area contributed by atoms with Crippen LogP contribution in [-0.4, -0.2) is 9.55 Å². The molecule has 0 saturated carbocycles. The van der Waals surface area contributed by atoms with Crippen LogP contribution in [0.15, 0.2) is 237 Å². The third kappa shape index (κ3) is 6.55. The van der Waals surface area contributed by atoms with E-state index in [9.17, 15) is 0 Å². The maximum atomic E-state index is 4.54. The Morgan fingerprint density at radius 3 is 1.77 bits per heavy atom. The van der Waals surface area contributed by atoms with Gasteiger partial charge < -0.3 is 9.47 Å². The Morgan fingerprint density at radius 2 is 0.969 bits per heavy atom. The van der Waals surface area contributed by atoms with Gasteiger partial charge in [0.25, 0.3) is 0 Å². The Kier molecular flexibility index (Phi) is 9.17. The van der Waals surface area contributed by atoms with Gasteiger partial charge in [0.15, 0.2) is 0 Å². The van der Waals surface area contributed by atoms with Crippen molar-refractivity contribution in [3.05, 3.63) is 248 Å². The molecule has 0 radical (unpaired) electrons. The van der Waals surface area contributed by atoms with Crippen molar-refractivity contribution in [1.29, 1.82) is 0 Å². The van der Waals surface area contributed by atoms with Crippen LogP contribution in [0, 0.1) is 0 Å². The van der Waals surface area contributed by atoms with Gasteiger partial charge in [0.05, 0.1) is 28.6 Å². The van der Waals surface area contributed by atoms with Crippen LogP contribution in [0.3, 0.4) is 0 Å². The molecule has 0 bridgehead atoms. The molecule has 2 heterocycles. The zero-order valence-corrected chi connectivity index (χ0v) is 36.4. The van der Waals surface area contributed by atoms with Gasteiger partial charge in [-0.05, 0) is 128 Å². The minimum absolute atomic E-state index is 0.0994. The number of aromatic nitrogens is 2. The molecule has 1 aliphatic rings. The Morgan fingerprint density at radius 1 is 0.369 bits per heavy atom. The molecule has 0 fully saturated rings. The molecule has 3 heteroatoms. The van der Waals surface area contributed by atoms with E-state index in [0.717, 1.165) is 28.3 Å². The van der Waals surface area contributed by atoms with Crippen molar-refractivity contribution in [3.8, 4) is 61.3 Å². The highest BCUT2D eigenvalue weighted by Gasteiger charge is 2.35. The van der Waals surface area contributed by atoms with E-state index in [2.05, 4.69) is 247 Å². The first-order chi connectivity index (χ1) is 32.0. The number of fused-ring (bicyclic) bond motifs is 6. The van der Waals surface area contributed by atoms with Gasteiger partial charge in [-0.1, -0.05) is 172 Å². The van der Waals surface area contributed by atoms with E-state index in [4.69, 9.17) is 0 Å². The third-order valence-corrected chi connectivity index (χ3v) is 13.5. The lowest BCUT2D eigenvalue weighted by molar-refractivity contribution is 0.660. The lowest BCUT2D eigenvalue weighted by Crippen LogP contribution is -2.16. The predicted octanol–water partition coefficient (Wildman–Crippen LogP) is 16.6. The molecule has 9 aromatic carbocycles. The zero-order valence-electron chi connectivity index (χ0n) is 36.4. The molecule has 2 aromatic heterocycles. The number of para-hydroxylation sites is 1. The molecule has 12 rings (SSSR count). The molecule has 0 atom stereocenters. The first-order valence-electron chi connectivity index (χ1n) is 22.4. The van der Waals surface area contributed by atoms with Crippen LogP contribution < -0.4 is 4.90 Å². The third-order valence-electron chi connectivity index (χ3n) is 13.5. The average Bonchev–Trinajstić information content (AvgIpc) is 3.82. The monoisotopic (exact) mass is 831 g/mol. The molecule has 0 unspecified atom stereocenters. The number of pyridine rings is 1. The molecule has 65 heavy (non-hydrogen) atoms. The van der Waals surface area contributed by atoms with Gasteiger partial charge >= 0.3 is 0 Å². The second-order valence-corrected chi connectivity index (χ2v) is 17.6. The molecular weight excluding hydrogens is 787 g/mol. The van der Waals surface area contributed by atoms with Crippen LogP contribution in [0.2, 0.25) is 0 Å². The number of nitrogens with zero attached hydrogens (tertiary/aromatic N) is 3. The van der Waals surface area contributed by atoms with Crippen LogP contribution in [0.1, 0.15) is 25.0 Å². The normalized spacial score (nSPS) is 12.6. The molecular formula is C62H45N3. The van der Waals surface area contributed by atoms with E-state index in [1.54, 1.807) is 0 Å². The van der Waals surface area contributed by atoms with Crippen LogP contribution in [0.4, 0.5) is 17.1 Å². The first-order valence-corrected chi connectivity index (χ1v) is 22.4. The van der Waals surface area contributed by atoms with Crippen molar-refractivity contribution in [1.82, 2.24) is 9.55 Å². The summed E-state index contributed by atoms with van der Waals surface area (Å²) in [5.41, 5.74) is 21.4. The highest BCUT2D eigenvalue weighted by atomic mass is 15.1. The fourth-order valence-electron chi connectivity index (χ4n) is 10.2. The molecule has 0 saturated heterocycles. The van der Waals surface area contributed by atoms with Crippen molar-refractivity contribution in [2.24, 2.45) is 0 Å². The number of rotatable bonds is 8. The zero-order chi connectivity index (χ0) is 43.5. The van der Waals surface area contributed by atoms with Crippen LogP contribution in [0.5, 0.6) is 0 Å². The lowest BCUT2D eigenvalue weighted by atomic mass is 9.82. The molecule has 308 valence electrons. The summed E-state index contributed by atoms with van der Waals surface area (Å²) in [5.74, 6) is 0. The minimum Gasteiger partial charge on any atom is -0.309 e. The lowest BCUT2D eigenvalue weighted by Gasteiger charge is -2.28. The number of benzene rings is 9. The van der Waals surface area contributed by atoms with E-state index in [0.29, 0.717) is 0 Å². The Balaban J connectivity index is 0.928. The summed E-state index contributed by atoms with van der Waals surface area (Å²) in [4.78, 5) is 6.86. The topological polar surface area (TPSA) is 21.1 Å². The summed E-state index contributed by atoms with van der Waals surface area (Å²) < 4.78 is 2.46. The molecule has 0 amide bonds. The van der Waals surface area contributed by atoms with Crippen molar-refractivity contribution in [3.63, 3.8) is 0 Å². The van der Waals surface area contributed by atoms with E-state index in [1.807, 2.05) is 18.5 Å². The summed E-state index contributed by atoms with van der Waals surface area (Å²) in [5, 5.41) is 2.47. The SMILES string of the molecule is CC1(C)c2ccccc2-c2ccc(N(c3ccc(-c4cccc(-c5ccc6c7ccccc7n(-c7ccc(-c8ccccc8)cc7-c7ccccc7)c6c5)c4)cc3)c3cccnc3)cc21. The Hall–Kier alpha value is -8.27. The Labute approximate surface area is 380 Å². The van der Waals surface area contributed by atoms with Crippen molar-refractivity contribution >= 4 is 38.9 Å². The molecule has 0 N–H and O–H groups in total. The molecule has 11 aromatic rings. The van der Waals surface area contributed by atoms with Crippen molar-refractivity contribution < 1.29 is 0 Å². The van der Waals surface area contributed by atoms with E-state index < -0.39 is 0 Å². The van der Waals surface area contributed by atoms with Crippen LogP contribution >= 0.6 is 0 Å². The highest BCUT2D eigenvalue weighted by molar-refractivity contribution is 6.11. The fraction of sp³-hybridized carbons (Fsp3) is 0.0484. The fourth-order valence-corrected chi connectivity index (χ4v) is 10.2. The second-order valence-electron chi connectivity index (χ2n) is 17.6. The summed E-state index contributed by atoms with van der Waals surface area (Å²) in [6.07, 6.45) is 3.78. The van der Waals surface area contributed by atoms with Crippen LogP contribution in [-0.2, 0) is 5.41 Å². The summed E-state index contributed by atoms with van der Waals surface area (Å²) >= 11 is 0. The van der Waals surface area contributed by atoms with Crippen molar-refractivity contribution in [2.45, 2.75) is 19.3 Å². The maximum Gasteiger partial charge on any atom is 0.0644 e. The Bertz CT molecular complexity index is 3550. The molecule has 3 nitrogen and oxygen atoms in total. The highest BCUT2D eigenvalue weighted by Crippen LogP contribution is 2.51. The van der Waals surface area contributed by atoms with Gasteiger partial charge in [0.1, 0.15) is 0 Å². The van der Waals surface area contributed by atoms with Gasteiger partial charge in [0.2, 0.25) is 0 Å². The summed E-state index contributed by atoms with van der Waals surface area (Å²) in [6.45, 7) is 4.67. The molecule has 0 spiro atoms. The molecule has 1 aliphatic carbocycles.